The van der Waals surface area contributed by atoms with Crippen molar-refractivity contribution in [2.45, 2.75) is 50.4 Å². The summed E-state index contributed by atoms with van der Waals surface area (Å²) in [4.78, 5) is 15.1. The van der Waals surface area contributed by atoms with Crippen molar-refractivity contribution in [2.75, 3.05) is 24.6 Å². The number of hydrogen-bond donors (Lipinski definition) is 4. The van der Waals surface area contributed by atoms with Crippen LogP contribution < -0.4 is 10.2 Å². The molecular formula is C29H33N3O6S. The predicted octanol–water partition coefficient (Wildman–Crippen LogP) is 3.84. The van der Waals surface area contributed by atoms with Gasteiger partial charge in [-0.25, -0.2) is 0 Å². The molecule has 1 amide bonds. The lowest BCUT2D eigenvalue weighted by Crippen LogP contribution is -2.55. The van der Waals surface area contributed by atoms with Gasteiger partial charge in [0.25, 0.3) is 5.91 Å². The van der Waals surface area contributed by atoms with E-state index >= 15 is 0 Å². The molecule has 39 heavy (non-hydrogen) atoms. The van der Waals surface area contributed by atoms with E-state index < -0.39 is 36.2 Å². The van der Waals surface area contributed by atoms with Crippen molar-refractivity contribution in [3.05, 3.63) is 59.9 Å². The first-order valence-electron chi connectivity index (χ1n) is 13.0. The molecule has 4 rings (SSSR count). The van der Waals surface area contributed by atoms with Crippen LogP contribution in [0.3, 0.4) is 0 Å². The largest absolute Gasteiger partial charge is 0.457 e. The van der Waals surface area contributed by atoms with Crippen molar-refractivity contribution in [3.63, 3.8) is 0 Å². The number of fused-ring (bicyclic) bond motifs is 1. The van der Waals surface area contributed by atoms with E-state index in [2.05, 4.69) is 48.3 Å². The second kappa shape index (κ2) is 13.2. The van der Waals surface area contributed by atoms with Gasteiger partial charge in [-0.15, -0.1) is 0 Å². The lowest BCUT2D eigenvalue weighted by molar-refractivity contribution is -0.120. The summed E-state index contributed by atoms with van der Waals surface area (Å²) in [7, 11) is 0. The highest BCUT2D eigenvalue weighted by Gasteiger charge is 2.40. The zero-order valence-electron chi connectivity index (χ0n) is 21.9. The Morgan fingerprint density at radius 1 is 1.08 bits per heavy atom. The first-order chi connectivity index (χ1) is 18.9. The summed E-state index contributed by atoms with van der Waals surface area (Å²) < 4.78 is 11.1. The molecule has 1 saturated heterocycles. The molecule has 9 nitrogen and oxygen atoms in total. The van der Waals surface area contributed by atoms with Crippen molar-refractivity contribution in [2.24, 2.45) is 0 Å². The first kappa shape index (κ1) is 28.7. The number of nitrogens with zero attached hydrogens (tertiary/aromatic N) is 2. The van der Waals surface area contributed by atoms with Crippen molar-refractivity contribution in [3.8, 4) is 17.4 Å². The molecule has 1 aliphatic heterocycles. The van der Waals surface area contributed by atoms with E-state index in [1.165, 1.54) is 11.8 Å². The second-order valence-electron chi connectivity index (χ2n) is 9.39. The average molecular weight is 552 g/mol. The molecule has 0 spiro atoms. The number of furan rings is 1. The van der Waals surface area contributed by atoms with Gasteiger partial charge in [-0.1, -0.05) is 32.0 Å². The number of benzene rings is 2. The van der Waals surface area contributed by atoms with Crippen LogP contribution in [-0.4, -0.2) is 64.6 Å². The van der Waals surface area contributed by atoms with E-state index in [0.717, 1.165) is 42.3 Å². The summed E-state index contributed by atoms with van der Waals surface area (Å²) in [5, 5.41) is 42.6. The minimum Gasteiger partial charge on any atom is -0.457 e. The standard InChI is InChI=1S/C29H33N3O6S/c1-3-11-32(12-4-2)22-8-7-18-13-20(6-5-19(18)14-22)24-10-9-23(37-24)15-21(16-30)28(36)31-29-27(35)26(34)25(17-33)38-39-29/h5-10,13-15,25-27,29,33-35H,3-4,11-12,17H2,1-2H3,(H,31,36)/b21-15+/t25-,26-,27+,29+/m1/s1. The number of amides is 1. The van der Waals surface area contributed by atoms with Crippen LogP contribution in [0.5, 0.6) is 0 Å². The molecule has 1 aliphatic rings. The Hall–Kier alpha value is -3.33. The number of nitrogens with one attached hydrogen (secondary N) is 1. The molecule has 0 radical (unpaired) electrons. The summed E-state index contributed by atoms with van der Waals surface area (Å²) in [6.45, 7) is 5.92. The van der Waals surface area contributed by atoms with E-state index in [1.54, 1.807) is 12.1 Å². The zero-order valence-corrected chi connectivity index (χ0v) is 22.7. The predicted molar refractivity (Wildman–Crippen MR) is 152 cm³/mol. The Balaban J connectivity index is 1.48. The van der Waals surface area contributed by atoms with Gasteiger partial charge in [-0.2, -0.15) is 5.26 Å². The van der Waals surface area contributed by atoms with Crippen LogP contribution in [-0.2, 0) is 8.98 Å². The fourth-order valence-electron chi connectivity index (χ4n) is 4.47. The number of carbonyl (C=O) groups is 1. The van der Waals surface area contributed by atoms with E-state index in [-0.39, 0.29) is 5.57 Å². The molecule has 10 heteroatoms. The normalized spacial score (nSPS) is 21.5. The number of aliphatic hydroxyl groups excluding tert-OH is 3. The Morgan fingerprint density at radius 3 is 2.49 bits per heavy atom. The van der Waals surface area contributed by atoms with Gasteiger partial charge in [0.1, 0.15) is 46.8 Å². The number of aliphatic hydroxyl groups is 3. The van der Waals surface area contributed by atoms with E-state index in [4.69, 9.17) is 8.60 Å². The molecule has 2 aromatic carbocycles. The van der Waals surface area contributed by atoms with Gasteiger partial charge in [0, 0.05) is 42.5 Å². The van der Waals surface area contributed by atoms with Crippen LogP contribution >= 0.6 is 12.0 Å². The van der Waals surface area contributed by atoms with Crippen LogP contribution in [0.15, 0.2) is 58.5 Å². The van der Waals surface area contributed by atoms with Gasteiger partial charge in [0.2, 0.25) is 0 Å². The Labute approximate surface area is 231 Å². The van der Waals surface area contributed by atoms with Crippen molar-refractivity contribution >= 4 is 40.5 Å². The lowest BCUT2D eigenvalue weighted by Gasteiger charge is -2.35. The SMILES string of the molecule is CCCN(CCC)c1ccc2cc(-c3ccc(/C=C(\C#N)C(=O)N[C@H]4SO[C@H](CO)[C@@H](O)[C@@H]4O)o3)ccc2c1. The third kappa shape index (κ3) is 6.64. The second-order valence-corrected chi connectivity index (χ2v) is 10.3. The molecule has 0 saturated carbocycles. The highest BCUT2D eigenvalue weighted by atomic mass is 32.2. The van der Waals surface area contributed by atoms with Crippen LogP contribution in [0.1, 0.15) is 32.4 Å². The smallest absolute Gasteiger partial charge is 0.263 e. The summed E-state index contributed by atoms with van der Waals surface area (Å²) in [6.07, 6.45) is -0.249. The topological polar surface area (TPSA) is 139 Å². The molecule has 2 heterocycles. The molecule has 0 bridgehead atoms. The lowest BCUT2D eigenvalue weighted by atomic mass is 10.0. The maximum absolute atomic E-state index is 12.7. The number of carbonyl (C=O) groups excluding carboxylic acids is 1. The summed E-state index contributed by atoms with van der Waals surface area (Å²) in [5.74, 6) is 0.149. The summed E-state index contributed by atoms with van der Waals surface area (Å²) >= 11 is 0.715. The molecule has 0 unspecified atom stereocenters. The number of anilines is 1. The highest BCUT2D eigenvalue weighted by molar-refractivity contribution is 7.95. The van der Waals surface area contributed by atoms with Crippen molar-refractivity contribution in [1.82, 2.24) is 5.32 Å². The van der Waals surface area contributed by atoms with Crippen LogP contribution in [0.25, 0.3) is 28.2 Å². The third-order valence-corrected chi connectivity index (χ3v) is 7.48. The molecule has 4 atom stereocenters. The van der Waals surface area contributed by atoms with E-state index in [0.29, 0.717) is 23.6 Å². The number of rotatable bonds is 10. The molecule has 0 aliphatic carbocycles. The van der Waals surface area contributed by atoms with Gasteiger partial charge in [-0.3, -0.25) is 4.79 Å². The maximum atomic E-state index is 12.7. The highest BCUT2D eigenvalue weighted by Crippen LogP contribution is 2.30. The van der Waals surface area contributed by atoms with Crippen molar-refractivity contribution < 1.29 is 28.7 Å². The molecule has 1 aromatic heterocycles. The fraction of sp³-hybridized carbons (Fsp3) is 0.379. The monoisotopic (exact) mass is 551 g/mol. The minimum atomic E-state index is -1.39. The fourth-order valence-corrected chi connectivity index (χ4v) is 5.34. The van der Waals surface area contributed by atoms with Crippen LogP contribution in [0.2, 0.25) is 0 Å². The maximum Gasteiger partial charge on any atom is 0.263 e. The Kier molecular flexibility index (Phi) is 9.67. The van der Waals surface area contributed by atoms with E-state index in [9.17, 15) is 25.4 Å². The Bertz CT molecular complexity index is 1360. The molecule has 4 N–H and O–H groups in total. The summed E-state index contributed by atoms with van der Waals surface area (Å²) in [6, 6.07) is 17.8. The summed E-state index contributed by atoms with van der Waals surface area (Å²) in [5.41, 5.74) is 1.83. The third-order valence-electron chi connectivity index (χ3n) is 6.52. The Morgan fingerprint density at radius 2 is 1.79 bits per heavy atom. The van der Waals surface area contributed by atoms with Crippen molar-refractivity contribution in [1.29, 1.82) is 5.26 Å². The number of nitriles is 1. The van der Waals surface area contributed by atoms with Crippen LogP contribution in [0.4, 0.5) is 5.69 Å². The van der Waals surface area contributed by atoms with Crippen LogP contribution in [0, 0.1) is 11.3 Å². The number of hydrogen-bond acceptors (Lipinski definition) is 9. The quantitative estimate of drug-likeness (QED) is 0.168. The minimum absolute atomic E-state index is 0.239. The van der Waals surface area contributed by atoms with Gasteiger partial charge in [-0.05, 0) is 53.9 Å². The van der Waals surface area contributed by atoms with Gasteiger partial charge in [0.05, 0.1) is 6.61 Å². The molecule has 3 aromatic rings. The molecule has 206 valence electrons. The van der Waals surface area contributed by atoms with Gasteiger partial charge in [0.15, 0.2) is 0 Å². The van der Waals surface area contributed by atoms with E-state index in [1.807, 2.05) is 18.2 Å². The van der Waals surface area contributed by atoms with Gasteiger partial charge >= 0.3 is 0 Å². The average Bonchev–Trinajstić information content (AvgIpc) is 3.42. The molecular weight excluding hydrogens is 518 g/mol. The first-order valence-corrected chi connectivity index (χ1v) is 13.8. The zero-order chi connectivity index (χ0) is 27.9. The van der Waals surface area contributed by atoms with Gasteiger partial charge < -0.3 is 34.1 Å². The molecule has 1 fully saturated rings.